The molecule has 5 nitrogen and oxygen atoms in total. The lowest BCUT2D eigenvalue weighted by Crippen LogP contribution is -2.33. The zero-order chi connectivity index (χ0) is 15.6. The molecule has 1 heterocycles. The van der Waals surface area contributed by atoms with E-state index in [1.807, 2.05) is 7.05 Å². The molecule has 1 aliphatic heterocycles. The lowest BCUT2D eigenvalue weighted by molar-refractivity contribution is 0.356. The molecule has 1 aromatic carbocycles. The zero-order valence-electron chi connectivity index (χ0n) is 12.4. The Morgan fingerprint density at radius 3 is 2.71 bits per heavy atom. The molecular formula is C14H22FN3O2S. The second-order valence-corrected chi connectivity index (χ2v) is 7.68. The average Bonchev–Trinajstić information content (AvgIpc) is 2.83. The van der Waals surface area contributed by atoms with E-state index < -0.39 is 15.8 Å². The topological polar surface area (TPSA) is 66.6 Å². The van der Waals surface area contributed by atoms with E-state index in [2.05, 4.69) is 4.90 Å². The molecule has 1 saturated heterocycles. The number of rotatable bonds is 5. The molecular weight excluding hydrogens is 293 g/mol. The van der Waals surface area contributed by atoms with Crippen LogP contribution in [0.4, 0.5) is 4.39 Å². The van der Waals surface area contributed by atoms with Crippen LogP contribution in [-0.4, -0.2) is 51.4 Å². The minimum atomic E-state index is -3.80. The summed E-state index contributed by atoms with van der Waals surface area (Å²) in [4.78, 5) is 1.88. The van der Waals surface area contributed by atoms with E-state index in [1.54, 1.807) is 6.07 Å². The van der Waals surface area contributed by atoms with Gasteiger partial charge in [-0.15, -0.1) is 0 Å². The van der Waals surface area contributed by atoms with E-state index >= 15 is 0 Å². The summed E-state index contributed by atoms with van der Waals surface area (Å²) in [6.07, 6.45) is 0.963. The largest absolute Gasteiger partial charge is 0.326 e. The maximum absolute atomic E-state index is 14.0. The third-order valence-corrected chi connectivity index (χ3v) is 5.78. The number of nitrogens with two attached hydrogens (primary N) is 1. The van der Waals surface area contributed by atoms with Gasteiger partial charge in [0.15, 0.2) is 0 Å². The van der Waals surface area contributed by atoms with Gasteiger partial charge in [0.05, 0.1) is 0 Å². The highest BCUT2D eigenvalue weighted by atomic mass is 32.2. The first kappa shape index (κ1) is 16.4. The summed E-state index contributed by atoms with van der Waals surface area (Å²) in [5.41, 5.74) is 6.00. The van der Waals surface area contributed by atoms with Crippen LogP contribution >= 0.6 is 0 Å². The summed E-state index contributed by atoms with van der Waals surface area (Å²) in [6.45, 7) is 2.43. The van der Waals surface area contributed by atoms with Crippen LogP contribution < -0.4 is 5.73 Å². The fraction of sp³-hybridized carbons (Fsp3) is 0.571. The number of hydrogen-bond acceptors (Lipinski definition) is 4. The second kappa shape index (κ2) is 6.39. The van der Waals surface area contributed by atoms with E-state index in [0.29, 0.717) is 18.0 Å². The monoisotopic (exact) mass is 315 g/mol. The molecule has 21 heavy (non-hydrogen) atoms. The SMILES string of the molecule is CN1CCC(CN(C)S(=O)(=O)c2ccc(CN)cc2F)C1. The minimum Gasteiger partial charge on any atom is -0.326 e. The van der Waals surface area contributed by atoms with Crippen LogP contribution in [0, 0.1) is 11.7 Å². The molecule has 0 spiro atoms. The Hall–Kier alpha value is -1.02. The third-order valence-electron chi connectivity index (χ3n) is 3.92. The van der Waals surface area contributed by atoms with Crippen molar-refractivity contribution in [3.05, 3.63) is 29.6 Å². The number of likely N-dealkylation sites (tertiary alicyclic amines) is 1. The Morgan fingerprint density at radius 2 is 2.19 bits per heavy atom. The quantitative estimate of drug-likeness (QED) is 0.875. The van der Waals surface area contributed by atoms with Gasteiger partial charge in [-0.3, -0.25) is 0 Å². The Kier molecular flexibility index (Phi) is 4.98. The number of nitrogens with zero attached hydrogens (tertiary/aromatic N) is 2. The van der Waals surface area contributed by atoms with Crippen molar-refractivity contribution in [3.8, 4) is 0 Å². The summed E-state index contributed by atoms with van der Waals surface area (Å²) in [7, 11) is -0.283. The summed E-state index contributed by atoms with van der Waals surface area (Å²) in [5, 5.41) is 0. The lowest BCUT2D eigenvalue weighted by atomic mass is 10.1. The molecule has 1 aliphatic rings. The maximum atomic E-state index is 14.0. The van der Waals surface area contributed by atoms with Gasteiger partial charge in [-0.2, -0.15) is 0 Å². The molecule has 0 radical (unpaired) electrons. The van der Waals surface area contributed by atoms with Crippen LogP contribution in [0.1, 0.15) is 12.0 Å². The summed E-state index contributed by atoms with van der Waals surface area (Å²) >= 11 is 0. The van der Waals surface area contributed by atoms with E-state index in [1.165, 1.54) is 23.5 Å². The Morgan fingerprint density at radius 1 is 1.48 bits per heavy atom. The first-order chi connectivity index (χ1) is 9.84. The van der Waals surface area contributed by atoms with Gasteiger partial charge in [0.25, 0.3) is 0 Å². The van der Waals surface area contributed by atoms with Crippen molar-refractivity contribution < 1.29 is 12.8 Å². The van der Waals surface area contributed by atoms with Crippen molar-refractivity contribution in [2.75, 3.05) is 33.7 Å². The number of hydrogen-bond donors (Lipinski definition) is 1. The predicted molar refractivity (Wildman–Crippen MR) is 79.7 cm³/mol. The number of sulfonamides is 1. The van der Waals surface area contributed by atoms with Gasteiger partial charge >= 0.3 is 0 Å². The van der Waals surface area contributed by atoms with Gasteiger partial charge in [0, 0.05) is 26.7 Å². The standard InChI is InChI=1S/C14H22FN3O2S/c1-17-6-5-12(9-17)10-18(2)21(19,20)14-4-3-11(8-16)7-13(14)15/h3-4,7,12H,5-6,8-10,16H2,1-2H3. The molecule has 7 heteroatoms. The smallest absolute Gasteiger partial charge is 0.245 e. The van der Waals surface area contributed by atoms with Crippen LogP contribution in [-0.2, 0) is 16.6 Å². The zero-order valence-corrected chi connectivity index (χ0v) is 13.2. The van der Waals surface area contributed by atoms with Crippen LogP contribution in [0.25, 0.3) is 0 Å². The van der Waals surface area contributed by atoms with Gasteiger partial charge < -0.3 is 10.6 Å². The lowest BCUT2D eigenvalue weighted by Gasteiger charge is -2.21. The van der Waals surface area contributed by atoms with Crippen LogP contribution in [0.15, 0.2) is 23.1 Å². The van der Waals surface area contributed by atoms with Crippen molar-refractivity contribution in [2.45, 2.75) is 17.9 Å². The molecule has 0 amide bonds. The Labute approximate surface area is 125 Å². The van der Waals surface area contributed by atoms with Gasteiger partial charge in [-0.25, -0.2) is 17.1 Å². The van der Waals surface area contributed by atoms with E-state index in [0.717, 1.165) is 19.5 Å². The average molecular weight is 315 g/mol. The maximum Gasteiger partial charge on any atom is 0.245 e. The molecule has 2 rings (SSSR count). The van der Waals surface area contributed by atoms with Crippen LogP contribution in [0.3, 0.4) is 0 Å². The molecule has 118 valence electrons. The molecule has 1 aromatic rings. The summed E-state index contributed by atoms with van der Waals surface area (Å²) < 4.78 is 40.2. The van der Waals surface area contributed by atoms with Crippen LogP contribution in [0.5, 0.6) is 0 Å². The minimum absolute atomic E-state index is 0.182. The van der Waals surface area contributed by atoms with E-state index in [-0.39, 0.29) is 11.4 Å². The number of benzene rings is 1. The van der Waals surface area contributed by atoms with Crippen LogP contribution in [0.2, 0.25) is 0 Å². The van der Waals surface area contributed by atoms with Crippen molar-refractivity contribution in [1.82, 2.24) is 9.21 Å². The number of halogens is 1. The summed E-state index contributed by atoms with van der Waals surface area (Å²) in [6, 6.07) is 4.03. The first-order valence-corrected chi connectivity index (χ1v) is 8.42. The molecule has 2 N–H and O–H groups in total. The third kappa shape index (κ3) is 3.60. The van der Waals surface area contributed by atoms with E-state index in [9.17, 15) is 12.8 Å². The molecule has 0 bridgehead atoms. The van der Waals surface area contributed by atoms with Crippen molar-refractivity contribution in [2.24, 2.45) is 11.7 Å². The highest BCUT2D eigenvalue weighted by Crippen LogP contribution is 2.22. The van der Waals surface area contributed by atoms with Crippen molar-refractivity contribution in [1.29, 1.82) is 0 Å². The molecule has 1 fully saturated rings. The Balaban J connectivity index is 2.17. The molecule has 1 unspecified atom stereocenters. The molecule has 1 atom stereocenters. The van der Waals surface area contributed by atoms with Gasteiger partial charge in [0.1, 0.15) is 10.7 Å². The van der Waals surface area contributed by atoms with Crippen molar-refractivity contribution >= 4 is 10.0 Å². The second-order valence-electron chi connectivity index (χ2n) is 5.67. The predicted octanol–water partition coefficient (Wildman–Crippen LogP) is 0.857. The fourth-order valence-electron chi connectivity index (χ4n) is 2.69. The van der Waals surface area contributed by atoms with Gasteiger partial charge in [-0.05, 0) is 43.6 Å². The van der Waals surface area contributed by atoms with E-state index in [4.69, 9.17) is 5.73 Å². The normalized spacial score (nSPS) is 20.3. The summed E-state index contributed by atoms with van der Waals surface area (Å²) in [5.74, 6) is -0.450. The van der Waals surface area contributed by atoms with Gasteiger partial charge in [-0.1, -0.05) is 6.07 Å². The molecule has 0 aromatic heterocycles. The Bertz CT molecular complexity index is 606. The molecule has 0 aliphatic carbocycles. The molecule has 0 saturated carbocycles. The highest BCUT2D eigenvalue weighted by molar-refractivity contribution is 7.89. The van der Waals surface area contributed by atoms with Crippen molar-refractivity contribution in [3.63, 3.8) is 0 Å². The first-order valence-electron chi connectivity index (χ1n) is 6.98. The highest BCUT2D eigenvalue weighted by Gasteiger charge is 2.29. The fourth-order valence-corrected chi connectivity index (χ4v) is 3.97. The van der Waals surface area contributed by atoms with Gasteiger partial charge in [0.2, 0.25) is 10.0 Å².